The zero-order chi connectivity index (χ0) is 13.0. The van der Waals surface area contributed by atoms with Gasteiger partial charge in [-0.2, -0.15) is 20.1 Å². The number of anilines is 1. The maximum absolute atomic E-state index is 5.79. The van der Waals surface area contributed by atoms with Gasteiger partial charge in [-0.3, -0.25) is 5.10 Å². The Balaban J connectivity index is 2.13. The lowest BCUT2D eigenvalue weighted by molar-refractivity contribution is 0.312. The Labute approximate surface area is 109 Å². The van der Waals surface area contributed by atoms with Gasteiger partial charge >= 0.3 is 6.01 Å². The summed E-state index contributed by atoms with van der Waals surface area (Å²) in [7, 11) is 0. The number of rotatable bonds is 5. The molecule has 0 aromatic carbocycles. The lowest BCUT2D eigenvalue weighted by Gasteiger charge is -2.12. The van der Waals surface area contributed by atoms with Gasteiger partial charge in [0.15, 0.2) is 0 Å². The molecule has 0 aliphatic heterocycles. The summed E-state index contributed by atoms with van der Waals surface area (Å²) < 4.78 is 5.19. The molecule has 2 N–H and O–H groups in total. The second kappa shape index (κ2) is 5.63. The lowest BCUT2D eigenvalue weighted by atomic mass is 10.2. The molecule has 0 aliphatic carbocycles. The van der Waals surface area contributed by atoms with E-state index in [1.54, 1.807) is 12.4 Å². The average molecular weight is 269 g/mol. The number of nitrogens with one attached hydrogen (secondary N) is 2. The zero-order valence-corrected chi connectivity index (χ0v) is 10.8. The first kappa shape index (κ1) is 12.6. The van der Waals surface area contributed by atoms with E-state index in [1.807, 2.05) is 13.8 Å². The summed E-state index contributed by atoms with van der Waals surface area (Å²) in [6.45, 7) is 4.28. The second-order valence-corrected chi connectivity index (χ2v) is 3.88. The van der Waals surface area contributed by atoms with E-state index in [-0.39, 0.29) is 17.3 Å². The molecule has 0 amide bonds. The molecule has 1 atom stereocenters. The molecule has 2 aromatic rings. The van der Waals surface area contributed by atoms with Gasteiger partial charge in [0.05, 0.1) is 18.8 Å². The molecule has 0 radical (unpaired) electrons. The molecule has 0 saturated carbocycles. The van der Waals surface area contributed by atoms with E-state index in [1.165, 1.54) is 0 Å². The summed E-state index contributed by atoms with van der Waals surface area (Å²) in [6, 6.07) is 0.205. The summed E-state index contributed by atoms with van der Waals surface area (Å²) >= 11 is 5.79. The van der Waals surface area contributed by atoms with Gasteiger partial charge in [0.2, 0.25) is 11.2 Å². The van der Waals surface area contributed by atoms with Crippen molar-refractivity contribution in [3.05, 3.63) is 23.2 Å². The van der Waals surface area contributed by atoms with Gasteiger partial charge in [-0.15, -0.1) is 0 Å². The van der Waals surface area contributed by atoms with Crippen LogP contribution in [0.3, 0.4) is 0 Å². The minimum Gasteiger partial charge on any atom is -0.464 e. The van der Waals surface area contributed by atoms with Gasteiger partial charge in [0.1, 0.15) is 0 Å². The van der Waals surface area contributed by atoms with Crippen molar-refractivity contribution in [1.82, 2.24) is 25.1 Å². The van der Waals surface area contributed by atoms with Crippen LogP contribution in [-0.4, -0.2) is 31.8 Å². The molecule has 8 heteroatoms. The standard InChI is InChI=1S/C10H13ClN6O/c1-3-18-10-16-8(11)15-9(17-10)14-6(2)7-4-12-13-5-7/h4-6H,3H2,1-2H3,(H,12,13)(H,14,15,16,17). The lowest BCUT2D eigenvalue weighted by Crippen LogP contribution is -2.10. The van der Waals surface area contributed by atoms with Crippen molar-refractivity contribution in [3.63, 3.8) is 0 Å². The Bertz CT molecular complexity index is 503. The minimum absolute atomic E-state index is 0.00306. The van der Waals surface area contributed by atoms with Crippen LogP contribution >= 0.6 is 11.6 Å². The summed E-state index contributed by atoms with van der Waals surface area (Å²) in [4.78, 5) is 11.9. The molecule has 2 heterocycles. The van der Waals surface area contributed by atoms with Crippen LogP contribution in [0.2, 0.25) is 5.28 Å². The first-order chi connectivity index (χ1) is 8.69. The molecule has 0 spiro atoms. The van der Waals surface area contributed by atoms with E-state index in [0.29, 0.717) is 12.6 Å². The molecule has 2 aromatic heterocycles. The predicted molar refractivity (Wildman–Crippen MR) is 66.6 cm³/mol. The third-order valence-electron chi connectivity index (χ3n) is 2.23. The van der Waals surface area contributed by atoms with Gasteiger partial charge in [-0.05, 0) is 25.4 Å². The Morgan fingerprint density at radius 3 is 2.94 bits per heavy atom. The number of aromatic amines is 1. The van der Waals surface area contributed by atoms with E-state index in [0.717, 1.165) is 5.56 Å². The zero-order valence-electron chi connectivity index (χ0n) is 10.0. The molecule has 0 bridgehead atoms. The third kappa shape index (κ3) is 3.07. The summed E-state index contributed by atoms with van der Waals surface area (Å²) in [5.74, 6) is 0.368. The Kier molecular flexibility index (Phi) is 3.93. The van der Waals surface area contributed by atoms with Gasteiger partial charge in [0.25, 0.3) is 0 Å². The van der Waals surface area contributed by atoms with Gasteiger partial charge in [-0.1, -0.05) is 0 Å². The number of hydrogen-bond donors (Lipinski definition) is 2. The number of halogens is 1. The SMILES string of the molecule is CCOc1nc(Cl)nc(NC(C)c2cn[nH]c2)n1. The van der Waals surface area contributed by atoms with E-state index in [4.69, 9.17) is 16.3 Å². The van der Waals surface area contributed by atoms with Crippen LogP contribution in [0.1, 0.15) is 25.5 Å². The highest BCUT2D eigenvalue weighted by molar-refractivity contribution is 6.28. The van der Waals surface area contributed by atoms with Crippen molar-refractivity contribution in [1.29, 1.82) is 0 Å². The monoisotopic (exact) mass is 268 g/mol. The number of ether oxygens (including phenoxy) is 1. The fourth-order valence-corrected chi connectivity index (χ4v) is 1.52. The van der Waals surface area contributed by atoms with Gasteiger partial charge < -0.3 is 10.1 Å². The molecule has 7 nitrogen and oxygen atoms in total. The van der Waals surface area contributed by atoms with Crippen LogP contribution in [0.4, 0.5) is 5.95 Å². The molecule has 0 fully saturated rings. The van der Waals surface area contributed by atoms with E-state index in [9.17, 15) is 0 Å². The summed E-state index contributed by atoms with van der Waals surface area (Å²) in [6.07, 6.45) is 3.52. The summed E-state index contributed by atoms with van der Waals surface area (Å²) in [5, 5.41) is 9.82. The quantitative estimate of drug-likeness (QED) is 0.860. The van der Waals surface area contributed by atoms with Crippen LogP contribution in [0.25, 0.3) is 0 Å². The van der Waals surface area contributed by atoms with Crippen molar-refractivity contribution in [2.45, 2.75) is 19.9 Å². The highest BCUT2D eigenvalue weighted by atomic mass is 35.5. The molecular formula is C10H13ClN6O. The first-order valence-corrected chi connectivity index (χ1v) is 5.86. The average Bonchev–Trinajstić information content (AvgIpc) is 2.81. The van der Waals surface area contributed by atoms with Crippen LogP contribution < -0.4 is 10.1 Å². The second-order valence-electron chi connectivity index (χ2n) is 3.54. The fraction of sp³-hybridized carbons (Fsp3) is 0.400. The summed E-state index contributed by atoms with van der Waals surface area (Å²) in [5.41, 5.74) is 0.990. The first-order valence-electron chi connectivity index (χ1n) is 5.48. The van der Waals surface area contributed by atoms with Gasteiger partial charge in [-0.25, -0.2) is 0 Å². The van der Waals surface area contributed by atoms with Crippen LogP contribution in [0.5, 0.6) is 6.01 Å². The highest BCUT2D eigenvalue weighted by Crippen LogP contribution is 2.17. The third-order valence-corrected chi connectivity index (χ3v) is 2.40. The van der Waals surface area contributed by atoms with Crippen molar-refractivity contribution in [2.75, 3.05) is 11.9 Å². The van der Waals surface area contributed by atoms with Crippen LogP contribution in [0.15, 0.2) is 12.4 Å². The molecular weight excluding hydrogens is 256 g/mol. The highest BCUT2D eigenvalue weighted by Gasteiger charge is 2.10. The normalized spacial score (nSPS) is 12.2. The Morgan fingerprint density at radius 2 is 2.28 bits per heavy atom. The van der Waals surface area contributed by atoms with Crippen molar-refractivity contribution in [2.24, 2.45) is 0 Å². The molecule has 18 heavy (non-hydrogen) atoms. The molecule has 1 unspecified atom stereocenters. The number of nitrogens with zero attached hydrogens (tertiary/aromatic N) is 4. The largest absolute Gasteiger partial charge is 0.464 e. The predicted octanol–water partition coefficient (Wildman–Crippen LogP) is 1.82. The fourth-order valence-electron chi connectivity index (χ4n) is 1.36. The van der Waals surface area contributed by atoms with Gasteiger partial charge in [0, 0.05) is 11.8 Å². The maximum Gasteiger partial charge on any atom is 0.322 e. The molecule has 96 valence electrons. The smallest absolute Gasteiger partial charge is 0.322 e. The van der Waals surface area contributed by atoms with Crippen LogP contribution in [0, 0.1) is 0 Å². The number of hydrogen-bond acceptors (Lipinski definition) is 6. The Morgan fingerprint density at radius 1 is 1.44 bits per heavy atom. The minimum atomic E-state index is -0.00306. The van der Waals surface area contributed by atoms with Crippen molar-refractivity contribution < 1.29 is 4.74 Å². The topological polar surface area (TPSA) is 88.6 Å². The van der Waals surface area contributed by atoms with E-state index >= 15 is 0 Å². The van der Waals surface area contributed by atoms with E-state index in [2.05, 4.69) is 30.5 Å². The van der Waals surface area contributed by atoms with E-state index < -0.39 is 0 Å². The molecule has 0 aliphatic rings. The molecule has 2 rings (SSSR count). The Hall–Kier alpha value is -1.89. The number of H-pyrrole nitrogens is 1. The molecule has 0 saturated heterocycles. The number of aromatic nitrogens is 5. The van der Waals surface area contributed by atoms with Crippen LogP contribution in [-0.2, 0) is 0 Å². The maximum atomic E-state index is 5.79. The van der Waals surface area contributed by atoms with Crippen molar-refractivity contribution in [3.8, 4) is 6.01 Å². The van der Waals surface area contributed by atoms with Crippen molar-refractivity contribution >= 4 is 17.5 Å².